The molecule has 1 atom stereocenters. The van der Waals surface area contributed by atoms with Crippen molar-refractivity contribution in [1.29, 1.82) is 0 Å². The summed E-state index contributed by atoms with van der Waals surface area (Å²) in [5.74, 6) is -0.488. The van der Waals surface area contributed by atoms with Gasteiger partial charge in [0.2, 0.25) is 20.0 Å². The number of nitrogens with zero attached hydrogens (tertiary/aromatic N) is 4. The lowest BCUT2D eigenvalue weighted by molar-refractivity contribution is 0.577. The van der Waals surface area contributed by atoms with E-state index in [0.29, 0.717) is 17.2 Å². The third-order valence-corrected chi connectivity index (χ3v) is 6.44. The number of sulfonamides is 2. The monoisotopic (exact) mass is 412 g/mol. The summed E-state index contributed by atoms with van der Waals surface area (Å²) in [4.78, 5) is 4.40. The van der Waals surface area contributed by atoms with E-state index in [1.165, 1.54) is 4.68 Å². The molecule has 0 fully saturated rings. The van der Waals surface area contributed by atoms with Crippen LogP contribution in [0.3, 0.4) is 0 Å². The summed E-state index contributed by atoms with van der Waals surface area (Å²) in [5, 5.41) is 14.0. The highest BCUT2D eigenvalue weighted by Gasteiger charge is 2.35. The van der Waals surface area contributed by atoms with Crippen LogP contribution < -0.4 is 10.3 Å². The average molecular weight is 412 g/mol. The lowest BCUT2D eigenvalue weighted by atomic mass is 10.2. The predicted octanol–water partition coefficient (Wildman–Crippen LogP) is -0.00606. The normalized spacial score (nSPS) is 14.0. The third-order valence-electron chi connectivity index (χ3n) is 4.23. The summed E-state index contributed by atoms with van der Waals surface area (Å²) < 4.78 is 50.8. The van der Waals surface area contributed by atoms with Crippen LogP contribution in [-0.4, -0.2) is 41.9 Å². The fourth-order valence-electron chi connectivity index (χ4n) is 3.18. The van der Waals surface area contributed by atoms with Crippen molar-refractivity contribution in [2.24, 2.45) is 17.3 Å². The van der Waals surface area contributed by atoms with Crippen molar-refractivity contribution < 1.29 is 16.8 Å². The molecule has 0 aliphatic rings. The van der Waals surface area contributed by atoms with Crippen LogP contribution in [-0.2, 0) is 27.1 Å². The van der Waals surface area contributed by atoms with Crippen molar-refractivity contribution in [3.63, 3.8) is 0 Å². The summed E-state index contributed by atoms with van der Waals surface area (Å²) in [6.07, 6.45) is 3.40. The molecule has 0 amide bonds. The third kappa shape index (κ3) is 3.74. The zero-order valence-electron chi connectivity index (χ0n) is 15.0. The van der Waals surface area contributed by atoms with E-state index in [-0.39, 0.29) is 5.56 Å². The SMILES string of the molecule is Cc1cnc2c(ccn2-c2c(C(CS(N)(=O)=O)S(N)(=O)=O)c(C)nn2C)c1. The van der Waals surface area contributed by atoms with Gasteiger partial charge in [0.25, 0.3) is 0 Å². The second-order valence-electron chi connectivity index (χ2n) is 6.46. The number of rotatable bonds is 5. The summed E-state index contributed by atoms with van der Waals surface area (Å²) in [7, 11) is -6.77. The molecule has 0 radical (unpaired) electrons. The van der Waals surface area contributed by atoms with Gasteiger partial charge >= 0.3 is 0 Å². The van der Waals surface area contributed by atoms with E-state index in [1.807, 2.05) is 19.1 Å². The first-order chi connectivity index (χ1) is 12.4. The molecule has 3 aromatic rings. The second kappa shape index (κ2) is 6.41. The van der Waals surface area contributed by atoms with Crippen LogP contribution in [0.2, 0.25) is 0 Å². The molecule has 10 nitrogen and oxygen atoms in total. The van der Waals surface area contributed by atoms with Gasteiger partial charge in [-0.3, -0.25) is 9.25 Å². The molecule has 3 heterocycles. The molecule has 0 saturated carbocycles. The number of primary sulfonamides is 2. The molecule has 12 heteroatoms. The molecule has 0 spiro atoms. The van der Waals surface area contributed by atoms with Gasteiger partial charge in [-0.1, -0.05) is 0 Å². The highest BCUT2D eigenvalue weighted by molar-refractivity contribution is 7.93. The van der Waals surface area contributed by atoms with E-state index in [1.54, 1.807) is 30.9 Å². The minimum atomic E-state index is -4.28. The Morgan fingerprint density at radius 1 is 1.19 bits per heavy atom. The molecular weight excluding hydrogens is 392 g/mol. The van der Waals surface area contributed by atoms with Gasteiger partial charge in [0, 0.05) is 30.4 Å². The molecule has 0 aliphatic heterocycles. The molecule has 4 N–H and O–H groups in total. The molecule has 27 heavy (non-hydrogen) atoms. The number of fused-ring (bicyclic) bond motifs is 1. The van der Waals surface area contributed by atoms with Gasteiger partial charge in [0.15, 0.2) is 0 Å². The number of hydrogen-bond donors (Lipinski definition) is 2. The summed E-state index contributed by atoms with van der Waals surface area (Å²) >= 11 is 0. The van der Waals surface area contributed by atoms with Crippen molar-refractivity contribution in [2.45, 2.75) is 19.1 Å². The van der Waals surface area contributed by atoms with E-state index >= 15 is 0 Å². The smallest absolute Gasteiger partial charge is 0.217 e. The first-order valence-electron chi connectivity index (χ1n) is 7.88. The summed E-state index contributed by atoms with van der Waals surface area (Å²) in [6.45, 7) is 3.50. The van der Waals surface area contributed by atoms with Crippen molar-refractivity contribution in [3.8, 4) is 5.82 Å². The molecule has 146 valence electrons. The van der Waals surface area contributed by atoms with E-state index in [2.05, 4.69) is 10.1 Å². The van der Waals surface area contributed by atoms with Gasteiger partial charge < -0.3 is 0 Å². The van der Waals surface area contributed by atoms with E-state index < -0.39 is 31.0 Å². The minimum Gasteiger partial charge on any atom is -0.285 e. The quantitative estimate of drug-likeness (QED) is 0.600. The lowest BCUT2D eigenvalue weighted by Gasteiger charge is -2.16. The lowest BCUT2D eigenvalue weighted by Crippen LogP contribution is -2.32. The molecule has 0 aliphatic carbocycles. The van der Waals surface area contributed by atoms with Crippen LogP contribution >= 0.6 is 0 Å². The maximum Gasteiger partial charge on any atom is 0.217 e. The number of aryl methyl sites for hydroxylation is 3. The van der Waals surface area contributed by atoms with Gasteiger partial charge in [-0.25, -0.2) is 32.1 Å². The molecule has 0 bridgehead atoms. The molecule has 0 saturated heterocycles. The van der Waals surface area contributed by atoms with Crippen LogP contribution in [0, 0.1) is 13.8 Å². The Morgan fingerprint density at radius 2 is 1.85 bits per heavy atom. The molecular formula is C15H20N6O4S2. The van der Waals surface area contributed by atoms with Crippen LogP contribution in [0.1, 0.15) is 22.1 Å². The maximum atomic E-state index is 12.2. The highest BCUT2D eigenvalue weighted by atomic mass is 32.2. The average Bonchev–Trinajstić information content (AvgIpc) is 3.02. The Balaban J connectivity index is 2.32. The highest BCUT2D eigenvalue weighted by Crippen LogP contribution is 2.32. The van der Waals surface area contributed by atoms with Gasteiger partial charge in [-0.15, -0.1) is 0 Å². The van der Waals surface area contributed by atoms with E-state index in [9.17, 15) is 16.8 Å². The van der Waals surface area contributed by atoms with Crippen molar-refractivity contribution in [2.75, 3.05) is 5.75 Å². The number of aromatic nitrogens is 4. The molecule has 3 aromatic heterocycles. The first kappa shape index (κ1) is 19.5. The Bertz CT molecular complexity index is 1240. The Hall–Kier alpha value is -2.28. The minimum absolute atomic E-state index is 0.175. The summed E-state index contributed by atoms with van der Waals surface area (Å²) in [6, 6.07) is 3.76. The molecule has 1 unspecified atom stereocenters. The fraction of sp³-hybridized carbons (Fsp3) is 0.333. The van der Waals surface area contributed by atoms with E-state index in [4.69, 9.17) is 10.3 Å². The first-order valence-corrected chi connectivity index (χ1v) is 11.2. The number of nitrogens with two attached hydrogens (primary N) is 2. The van der Waals surface area contributed by atoms with Crippen molar-refractivity contribution in [1.82, 2.24) is 19.3 Å². The van der Waals surface area contributed by atoms with Gasteiger partial charge in [0.1, 0.15) is 16.7 Å². The van der Waals surface area contributed by atoms with Gasteiger partial charge in [0.05, 0.1) is 11.4 Å². The fourth-order valence-corrected chi connectivity index (χ4v) is 5.70. The Kier molecular flexibility index (Phi) is 4.62. The Morgan fingerprint density at radius 3 is 2.44 bits per heavy atom. The van der Waals surface area contributed by atoms with Crippen LogP contribution in [0.5, 0.6) is 0 Å². The number of hydrogen-bond acceptors (Lipinski definition) is 6. The van der Waals surface area contributed by atoms with Crippen molar-refractivity contribution in [3.05, 3.63) is 41.3 Å². The van der Waals surface area contributed by atoms with Crippen molar-refractivity contribution >= 4 is 31.1 Å². The second-order valence-corrected chi connectivity index (χ2v) is 9.87. The van der Waals surface area contributed by atoms with Crippen LogP contribution in [0.25, 0.3) is 16.9 Å². The number of pyridine rings is 1. The van der Waals surface area contributed by atoms with Gasteiger partial charge in [-0.05, 0) is 31.5 Å². The zero-order valence-corrected chi connectivity index (χ0v) is 16.6. The Labute approximate surface area is 156 Å². The standard InChI is InChI=1S/C15H20N6O4S2/c1-9-6-11-4-5-21(14(11)18-7-9)15-13(10(2)19-20(15)3)12(27(17,24)25)8-26(16,22)23/h4-7,12H,8H2,1-3H3,(H2,16,22,23)(H2,17,24,25). The topological polar surface area (TPSA) is 156 Å². The zero-order chi connectivity index (χ0) is 20.1. The summed E-state index contributed by atoms with van der Waals surface area (Å²) in [5.41, 5.74) is 2.06. The van der Waals surface area contributed by atoms with Crippen LogP contribution in [0.4, 0.5) is 0 Å². The maximum absolute atomic E-state index is 12.2. The van der Waals surface area contributed by atoms with Gasteiger partial charge in [-0.2, -0.15) is 5.10 Å². The molecule has 3 rings (SSSR count). The molecule has 0 aromatic carbocycles. The predicted molar refractivity (Wildman–Crippen MR) is 101 cm³/mol. The van der Waals surface area contributed by atoms with Crippen LogP contribution in [0.15, 0.2) is 24.5 Å². The van der Waals surface area contributed by atoms with E-state index in [0.717, 1.165) is 10.9 Å². The largest absolute Gasteiger partial charge is 0.285 e.